The molecule has 1 N–H and O–H groups in total. The number of hydrogen-bond acceptors (Lipinski definition) is 4. The molecule has 23 heavy (non-hydrogen) atoms. The van der Waals surface area contributed by atoms with Crippen LogP contribution in [0.2, 0.25) is 0 Å². The normalized spacial score (nSPS) is 12.5. The van der Waals surface area contributed by atoms with Crippen LogP contribution >= 0.6 is 0 Å². The summed E-state index contributed by atoms with van der Waals surface area (Å²) in [6, 6.07) is 13.9. The van der Waals surface area contributed by atoms with Crippen molar-refractivity contribution in [1.29, 1.82) is 0 Å². The fraction of sp³-hybridized carbons (Fsp3) is 0.222. The SMILES string of the molecule is O=C(OCCCNC1=NCc2ccccc21)c1ccccc1F. The molecule has 4 nitrogen and oxygen atoms in total. The molecule has 2 aromatic carbocycles. The van der Waals surface area contributed by atoms with Gasteiger partial charge in [-0.15, -0.1) is 0 Å². The molecule has 0 radical (unpaired) electrons. The first-order chi connectivity index (χ1) is 11.3. The molecule has 0 saturated carbocycles. The van der Waals surface area contributed by atoms with Crippen LogP contribution in [0.5, 0.6) is 0 Å². The van der Waals surface area contributed by atoms with E-state index in [1.165, 1.54) is 23.8 Å². The van der Waals surface area contributed by atoms with Gasteiger partial charge in [-0.2, -0.15) is 0 Å². The standard InChI is InChI=1S/C18H17FN2O2/c19-16-9-4-3-8-15(16)18(22)23-11-5-10-20-17-14-7-2-1-6-13(14)12-21-17/h1-4,6-9H,5,10-12H2,(H,20,21). The van der Waals surface area contributed by atoms with Crippen molar-refractivity contribution in [1.82, 2.24) is 5.32 Å². The van der Waals surface area contributed by atoms with E-state index in [0.29, 0.717) is 19.5 Å². The summed E-state index contributed by atoms with van der Waals surface area (Å²) in [6.45, 7) is 1.56. The van der Waals surface area contributed by atoms with Crippen molar-refractivity contribution in [2.75, 3.05) is 13.2 Å². The molecule has 3 rings (SSSR count). The number of rotatable bonds is 5. The average Bonchev–Trinajstić information content (AvgIpc) is 2.98. The second kappa shape index (κ2) is 7.05. The van der Waals surface area contributed by atoms with Crippen molar-refractivity contribution in [3.05, 3.63) is 71.0 Å². The van der Waals surface area contributed by atoms with Crippen LogP contribution in [-0.2, 0) is 11.3 Å². The molecule has 0 unspecified atom stereocenters. The summed E-state index contributed by atoms with van der Waals surface area (Å²) < 4.78 is 18.5. The van der Waals surface area contributed by atoms with Crippen LogP contribution < -0.4 is 5.32 Å². The summed E-state index contributed by atoms with van der Waals surface area (Å²) in [5, 5.41) is 3.25. The lowest BCUT2D eigenvalue weighted by molar-refractivity contribution is 0.0496. The molecule has 118 valence electrons. The molecule has 0 bridgehead atoms. The summed E-state index contributed by atoms with van der Waals surface area (Å²) >= 11 is 0. The predicted molar refractivity (Wildman–Crippen MR) is 86.0 cm³/mol. The zero-order valence-electron chi connectivity index (χ0n) is 12.6. The van der Waals surface area contributed by atoms with Gasteiger partial charge in [-0.3, -0.25) is 4.99 Å². The molecule has 1 heterocycles. The number of nitrogens with one attached hydrogen (secondary N) is 1. The van der Waals surface area contributed by atoms with Crippen molar-refractivity contribution in [2.45, 2.75) is 13.0 Å². The first kappa shape index (κ1) is 15.2. The van der Waals surface area contributed by atoms with Crippen LogP contribution in [-0.4, -0.2) is 25.0 Å². The Morgan fingerprint density at radius 3 is 2.83 bits per heavy atom. The van der Waals surface area contributed by atoms with E-state index in [1.807, 2.05) is 18.2 Å². The van der Waals surface area contributed by atoms with E-state index >= 15 is 0 Å². The predicted octanol–water partition coefficient (Wildman–Crippen LogP) is 2.92. The van der Waals surface area contributed by atoms with Gasteiger partial charge in [0.15, 0.2) is 0 Å². The van der Waals surface area contributed by atoms with Gasteiger partial charge in [0.25, 0.3) is 0 Å². The minimum Gasteiger partial charge on any atom is -0.462 e. The molecule has 0 saturated heterocycles. The van der Waals surface area contributed by atoms with Crippen molar-refractivity contribution >= 4 is 11.8 Å². The minimum atomic E-state index is -0.633. The Hall–Kier alpha value is -2.69. The Kier molecular flexibility index (Phi) is 4.66. The van der Waals surface area contributed by atoms with Gasteiger partial charge in [-0.25, -0.2) is 9.18 Å². The fourth-order valence-corrected chi connectivity index (χ4v) is 2.44. The first-order valence-corrected chi connectivity index (χ1v) is 7.54. The van der Waals surface area contributed by atoms with Gasteiger partial charge in [-0.1, -0.05) is 36.4 Å². The number of carbonyl (C=O) groups excluding carboxylic acids is 1. The molecular formula is C18H17FN2O2. The Labute approximate surface area is 134 Å². The monoisotopic (exact) mass is 312 g/mol. The zero-order valence-corrected chi connectivity index (χ0v) is 12.6. The van der Waals surface area contributed by atoms with E-state index in [1.54, 1.807) is 6.07 Å². The van der Waals surface area contributed by atoms with Gasteiger partial charge in [-0.05, 0) is 24.1 Å². The highest BCUT2D eigenvalue weighted by atomic mass is 19.1. The number of esters is 1. The highest BCUT2D eigenvalue weighted by Gasteiger charge is 2.14. The number of hydrogen-bond donors (Lipinski definition) is 1. The quantitative estimate of drug-likeness (QED) is 0.682. The van der Waals surface area contributed by atoms with Gasteiger partial charge in [0.1, 0.15) is 11.7 Å². The van der Waals surface area contributed by atoms with E-state index in [4.69, 9.17) is 4.74 Å². The molecular weight excluding hydrogens is 295 g/mol. The number of amidine groups is 1. The number of ether oxygens (including phenoxy) is 1. The smallest absolute Gasteiger partial charge is 0.341 e. The molecule has 0 fully saturated rings. The van der Waals surface area contributed by atoms with E-state index in [-0.39, 0.29) is 12.2 Å². The third-order valence-electron chi connectivity index (χ3n) is 3.62. The highest BCUT2D eigenvalue weighted by Crippen LogP contribution is 2.16. The van der Waals surface area contributed by atoms with Crippen molar-refractivity contribution in [3.8, 4) is 0 Å². The van der Waals surface area contributed by atoms with Gasteiger partial charge >= 0.3 is 5.97 Å². The Balaban J connectivity index is 1.41. The maximum atomic E-state index is 13.4. The van der Waals surface area contributed by atoms with Crippen LogP contribution in [0.15, 0.2) is 53.5 Å². The molecule has 1 aliphatic rings. The topological polar surface area (TPSA) is 50.7 Å². The third-order valence-corrected chi connectivity index (χ3v) is 3.62. The number of fused-ring (bicyclic) bond motifs is 1. The lowest BCUT2D eigenvalue weighted by Crippen LogP contribution is -2.25. The van der Waals surface area contributed by atoms with Gasteiger partial charge < -0.3 is 10.1 Å². The largest absolute Gasteiger partial charge is 0.462 e. The van der Waals surface area contributed by atoms with Crippen molar-refractivity contribution in [2.24, 2.45) is 4.99 Å². The maximum Gasteiger partial charge on any atom is 0.341 e. The lowest BCUT2D eigenvalue weighted by Gasteiger charge is -2.08. The van der Waals surface area contributed by atoms with Crippen LogP contribution in [0.25, 0.3) is 0 Å². The van der Waals surface area contributed by atoms with Crippen LogP contribution in [0, 0.1) is 5.82 Å². The summed E-state index contributed by atoms with van der Waals surface area (Å²) in [5.41, 5.74) is 2.30. The van der Waals surface area contributed by atoms with Crippen LogP contribution in [0.3, 0.4) is 0 Å². The number of benzene rings is 2. The minimum absolute atomic E-state index is 0.0328. The summed E-state index contributed by atoms with van der Waals surface area (Å²) in [4.78, 5) is 16.2. The molecule has 0 spiro atoms. The lowest BCUT2D eigenvalue weighted by atomic mass is 10.1. The van der Waals surface area contributed by atoms with E-state index < -0.39 is 11.8 Å². The van der Waals surface area contributed by atoms with Crippen molar-refractivity contribution < 1.29 is 13.9 Å². The van der Waals surface area contributed by atoms with E-state index in [2.05, 4.69) is 16.4 Å². The van der Waals surface area contributed by atoms with Gasteiger partial charge in [0.2, 0.25) is 0 Å². The maximum absolute atomic E-state index is 13.4. The average molecular weight is 312 g/mol. The van der Waals surface area contributed by atoms with Gasteiger partial charge in [0.05, 0.1) is 18.7 Å². The molecule has 0 aromatic heterocycles. The number of halogens is 1. The molecule has 5 heteroatoms. The van der Waals surface area contributed by atoms with Crippen LogP contribution in [0.1, 0.15) is 27.9 Å². The Morgan fingerprint density at radius 1 is 1.17 bits per heavy atom. The molecule has 2 aromatic rings. The summed E-state index contributed by atoms with van der Waals surface area (Å²) in [6.07, 6.45) is 0.626. The Bertz CT molecular complexity index is 743. The summed E-state index contributed by atoms with van der Waals surface area (Å²) in [5.74, 6) is -0.319. The molecule has 0 aliphatic carbocycles. The number of aliphatic imine (C=N–C) groups is 1. The van der Waals surface area contributed by atoms with Gasteiger partial charge in [0, 0.05) is 12.1 Å². The third kappa shape index (κ3) is 3.56. The molecule has 0 atom stereocenters. The highest BCUT2D eigenvalue weighted by molar-refractivity contribution is 6.01. The number of carbonyl (C=O) groups is 1. The Morgan fingerprint density at radius 2 is 1.96 bits per heavy atom. The first-order valence-electron chi connectivity index (χ1n) is 7.54. The van der Waals surface area contributed by atoms with E-state index in [9.17, 15) is 9.18 Å². The zero-order chi connectivity index (χ0) is 16.1. The second-order valence-corrected chi connectivity index (χ2v) is 5.22. The second-order valence-electron chi connectivity index (χ2n) is 5.22. The number of nitrogens with zero attached hydrogens (tertiary/aromatic N) is 1. The van der Waals surface area contributed by atoms with Crippen molar-refractivity contribution in [3.63, 3.8) is 0 Å². The fourth-order valence-electron chi connectivity index (χ4n) is 2.44. The molecule has 0 amide bonds. The molecule has 1 aliphatic heterocycles. The summed E-state index contributed by atoms with van der Waals surface area (Å²) in [7, 11) is 0. The van der Waals surface area contributed by atoms with E-state index in [0.717, 1.165) is 11.4 Å². The van der Waals surface area contributed by atoms with Crippen LogP contribution in [0.4, 0.5) is 4.39 Å².